The molecule has 0 aromatic heterocycles. The molecule has 1 fully saturated rings. The second-order valence-electron chi connectivity index (χ2n) is 2.99. The summed E-state index contributed by atoms with van der Waals surface area (Å²) in [4.78, 5) is 0. The quantitative estimate of drug-likeness (QED) is 0.570. The molecule has 0 N–H and O–H groups in total. The van der Waals surface area contributed by atoms with Gasteiger partial charge in [0.1, 0.15) is 11.4 Å². The summed E-state index contributed by atoms with van der Waals surface area (Å²) in [6, 6.07) is 0. The van der Waals surface area contributed by atoms with Crippen LogP contribution >= 0.6 is 0 Å². The predicted molar refractivity (Wildman–Crippen MR) is 38.2 cm³/mol. The summed E-state index contributed by atoms with van der Waals surface area (Å²) in [6.07, 6.45) is 1.79. The van der Waals surface area contributed by atoms with Crippen molar-refractivity contribution in [2.45, 2.75) is 32.3 Å². The molecule has 0 aromatic rings. The van der Waals surface area contributed by atoms with Crippen LogP contribution in [0.4, 0.5) is 0 Å². The van der Waals surface area contributed by atoms with Gasteiger partial charge in [-0.3, -0.25) is 4.18 Å². The van der Waals surface area contributed by atoms with Gasteiger partial charge in [0.2, 0.25) is 0 Å². The van der Waals surface area contributed by atoms with Gasteiger partial charge in [-0.05, 0) is 13.3 Å². The zero-order chi connectivity index (χ0) is 7.83. The smallest absolute Gasteiger partial charge is 0.262 e. The molecule has 1 rings (SSSR count). The minimum Gasteiger partial charge on any atom is -0.262 e. The number of hydrogen-bond acceptors (Lipinski definition) is 3. The highest BCUT2D eigenvalue weighted by Gasteiger charge is 2.45. The summed E-state index contributed by atoms with van der Waals surface area (Å²) < 4.78 is 25.8. The third-order valence-electron chi connectivity index (χ3n) is 1.59. The van der Waals surface area contributed by atoms with Gasteiger partial charge in [0, 0.05) is 0 Å². The third kappa shape index (κ3) is 1.49. The van der Waals surface area contributed by atoms with Crippen LogP contribution in [0, 0.1) is 0 Å². The summed E-state index contributed by atoms with van der Waals surface area (Å²) in [5, 5.41) is 0. The van der Waals surface area contributed by atoms with Gasteiger partial charge in [0.05, 0.1) is 0 Å². The topological polar surface area (TPSA) is 43.4 Å². The lowest BCUT2D eigenvalue weighted by atomic mass is 10.0. The van der Waals surface area contributed by atoms with E-state index in [1.165, 1.54) is 0 Å². The van der Waals surface area contributed by atoms with E-state index in [0.717, 1.165) is 12.8 Å². The maximum atomic E-state index is 10.6. The first-order valence-electron chi connectivity index (χ1n) is 3.41. The zero-order valence-electron chi connectivity index (χ0n) is 6.25. The largest absolute Gasteiger partial charge is 0.270 e. The normalized spacial score (nSPS) is 37.0. The lowest BCUT2D eigenvalue weighted by Gasteiger charge is -2.36. The van der Waals surface area contributed by atoms with Crippen molar-refractivity contribution in [3.05, 3.63) is 0 Å². The average Bonchev–Trinajstić information content (AvgIpc) is 1.58. The van der Waals surface area contributed by atoms with E-state index in [2.05, 4.69) is 0 Å². The molecule has 0 radical (unpaired) electrons. The van der Waals surface area contributed by atoms with Crippen LogP contribution in [0.5, 0.6) is 0 Å². The number of rotatable bonds is 2. The summed E-state index contributed by atoms with van der Waals surface area (Å²) in [5.74, 6) is 0.188. The Kier molecular flexibility index (Phi) is 1.76. The fourth-order valence-corrected chi connectivity index (χ4v) is 2.89. The van der Waals surface area contributed by atoms with Gasteiger partial charge in [-0.2, -0.15) is 8.42 Å². The highest BCUT2D eigenvalue weighted by Crippen LogP contribution is 2.31. The van der Waals surface area contributed by atoms with Crippen LogP contribution in [0.25, 0.3) is 0 Å². The zero-order valence-corrected chi connectivity index (χ0v) is 7.07. The van der Waals surface area contributed by atoms with E-state index in [9.17, 15) is 8.42 Å². The van der Waals surface area contributed by atoms with E-state index in [4.69, 9.17) is 4.18 Å². The molecule has 10 heavy (non-hydrogen) atoms. The highest BCUT2D eigenvalue weighted by molar-refractivity contribution is 7.88. The number of hydrogen-bond donors (Lipinski definition) is 0. The van der Waals surface area contributed by atoms with Crippen LogP contribution in [-0.4, -0.2) is 19.8 Å². The SMILES string of the molecule is CCCC1(C)CS(=O)(=O)O1. The van der Waals surface area contributed by atoms with Crippen LogP contribution in [0.3, 0.4) is 0 Å². The molecule has 0 bridgehead atoms. The van der Waals surface area contributed by atoms with Gasteiger partial charge in [0.15, 0.2) is 0 Å². The highest BCUT2D eigenvalue weighted by atomic mass is 32.2. The standard InChI is InChI=1S/C6H12O3S/c1-3-4-6(2)5-10(7,8)9-6/h3-5H2,1-2H3. The molecule has 1 aliphatic heterocycles. The molecule has 1 atom stereocenters. The molecule has 1 saturated heterocycles. The van der Waals surface area contributed by atoms with Crippen molar-refractivity contribution in [3.8, 4) is 0 Å². The van der Waals surface area contributed by atoms with E-state index < -0.39 is 10.1 Å². The van der Waals surface area contributed by atoms with E-state index in [0.29, 0.717) is 0 Å². The van der Waals surface area contributed by atoms with Crippen molar-refractivity contribution < 1.29 is 12.6 Å². The lowest BCUT2D eigenvalue weighted by molar-refractivity contribution is 0.0632. The van der Waals surface area contributed by atoms with Crippen LogP contribution in [0.15, 0.2) is 0 Å². The van der Waals surface area contributed by atoms with Gasteiger partial charge in [-0.15, -0.1) is 0 Å². The van der Waals surface area contributed by atoms with E-state index >= 15 is 0 Å². The van der Waals surface area contributed by atoms with Crippen molar-refractivity contribution in [2.24, 2.45) is 0 Å². The summed E-state index contributed by atoms with van der Waals surface area (Å²) in [7, 11) is -3.11. The van der Waals surface area contributed by atoms with E-state index in [-0.39, 0.29) is 11.4 Å². The third-order valence-corrected chi connectivity index (χ3v) is 3.21. The van der Waals surface area contributed by atoms with Crippen LogP contribution < -0.4 is 0 Å². The molecule has 1 heterocycles. The molecule has 1 aliphatic rings. The fourth-order valence-electron chi connectivity index (χ4n) is 1.32. The first kappa shape index (κ1) is 8.01. The first-order valence-corrected chi connectivity index (χ1v) is 4.98. The first-order chi connectivity index (χ1) is 4.47. The molecule has 60 valence electrons. The summed E-state index contributed by atoms with van der Waals surface area (Å²) in [6.45, 7) is 3.84. The van der Waals surface area contributed by atoms with Gasteiger partial charge < -0.3 is 0 Å². The molecule has 4 heteroatoms. The van der Waals surface area contributed by atoms with E-state index in [1.54, 1.807) is 0 Å². The van der Waals surface area contributed by atoms with Gasteiger partial charge in [-0.1, -0.05) is 13.3 Å². The van der Waals surface area contributed by atoms with E-state index in [1.807, 2.05) is 13.8 Å². The summed E-state index contributed by atoms with van der Waals surface area (Å²) >= 11 is 0. The average molecular weight is 164 g/mol. The Hall–Kier alpha value is -0.0900. The Morgan fingerprint density at radius 3 is 2.40 bits per heavy atom. The molecule has 0 aromatic carbocycles. The Balaban J connectivity index is 2.49. The maximum Gasteiger partial charge on any atom is 0.270 e. The van der Waals surface area contributed by atoms with Crippen molar-refractivity contribution in [3.63, 3.8) is 0 Å². The van der Waals surface area contributed by atoms with Gasteiger partial charge >= 0.3 is 0 Å². The second-order valence-corrected chi connectivity index (χ2v) is 4.56. The molecule has 3 nitrogen and oxygen atoms in total. The summed E-state index contributed by atoms with van der Waals surface area (Å²) in [5.41, 5.74) is -0.381. The second kappa shape index (κ2) is 2.20. The van der Waals surface area contributed by atoms with Crippen molar-refractivity contribution in [1.29, 1.82) is 0 Å². The molecular weight excluding hydrogens is 152 g/mol. The van der Waals surface area contributed by atoms with Crippen LogP contribution in [-0.2, 0) is 14.3 Å². The van der Waals surface area contributed by atoms with Crippen LogP contribution in [0.2, 0.25) is 0 Å². The molecule has 1 unspecified atom stereocenters. The molecule has 0 aliphatic carbocycles. The van der Waals surface area contributed by atoms with Crippen molar-refractivity contribution in [2.75, 3.05) is 5.75 Å². The molecule has 0 amide bonds. The Morgan fingerprint density at radius 2 is 2.10 bits per heavy atom. The van der Waals surface area contributed by atoms with Gasteiger partial charge in [0.25, 0.3) is 10.1 Å². The van der Waals surface area contributed by atoms with Crippen molar-refractivity contribution in [1.82, 2.24) is 0 Å². The fraction of sp³-hybridized carbons (Fsp3) is 1.00. The predicted octanol–water partition coefficient (Wildman–Crippen LogP) is 0.905. The molecular formula is C6H12O3S. The molecule has 0 saturated carbocycles. The molecule has 0 spiro atoms. The Labute approximate surface area is 61.5 Å². The lowest BCUT2D eigenvalue weighted by Crippen LogP contribution is -2.49. The minimum absolute atomic E-state index is 0.188. The Morgan fingerprint density at radius 1 is 1.60 bits per heavy atom. The van der Waals surface area contributed by atoms with Crippen molar-refractivity contribution >= 4 is 10.1 Å². The minimum atomic E-state index is -3.11. The maximum absolute atomic E-state index is 10.6. The van der Waals surface area contributed by atoms with Gasteiger partial charge in [-0.25, -0.2) is 0 Å². The Bertz CT molecular complexity index is 205. The van der Waals surface area contributed by atoms with Crippen LogP contribution in [0.1, 0.15) is 26.7 Å². The monoisotopic (exact) mass is 164 g/mol.